The minimum absolute atomic E-state index is 0.00155. The maximum Gasteiger partial charge on any atom is 0.407 e. The van der Waals surface area contributed by atoms with Crippen LogP contribution in [0.4, 0.5) is 9.59 Å². The third kappa shape index (κ3) is 5.80. The zero-order valence-corrected chi connectivity index (χ0v) is 25.2. The van der Waals surface area contributed by atoms with E-state index in [1.165, 1.54) is 19.3 Å². The fourth-order valence-electron chi connectivity index (χ4n) is 9.65. The van der Waals surface area contributed by atoms with Crippen LogP contribution in [0, 0.1) is 40.4 Å². The van der Waals surface area contributed by atoms with Gasteiger partial charge in [-0.3, -0.25) is 0 Å². The Morgan fingerprint density at radius 1 is 0.878 bits per heavy atom. The first-order valence-electron chi connectivity index (χ1n) is 15.7. The van der Waals surface area contributed by atoms with Crippen LogP contribution >= 0.6 is 0 Å². The lowest BCUT2D eigenvalue weighted by atomic mass is 9.44. The van der Waals surface area contributed by atoms with Gasteiger partial charge in [-0.25, -0.2) is 14.4 Å². The number of ether oxygens (including phenoxy) is 3. The van der Waals surface area contributed by atoms with Gasteiger partial charge >= 0.3 is 18.2 Å². The van der Waals surface area contributed by atoms with Crippen molar-refractivity contribution in [1.29, 1.82) is 0 Å². The van der Waals surface area contributed by atoms with Gasteiger partial charge in [0.2, 0.25) is 0 Å². The predicted octanol–water partition coefficient (Wildman–Crippen LogP) is 6.34. The highest BCUT2D eigenvalue weighted by Gasteiger charge is 2.61. The molecule has 0 radical (unpaired) electrons. The smallest absolute Gasteiger partial charge is 0.407 e. The summed E-state index contributed by atoms with van der Waals surface area (Å²) in [4.78, 5) is 36.7. The second-order valence-electron chi connectivity index (χ2n) is 13.4. The summed E-state index contributed by atoms with van der Waals surface area (Å²) in [6.45, 7) is 5.17. The number of nitrogens with one attached hydrogen (secondary N) is 2. The van der Waals surface area contributed by atoms with Crippen LogP contribution in [0.5, 0.6) is 0 Å². The summed E-state index contributed by atoms with van der Waals surface area (Å²) in [6, 6.07) is 9.33. The van der Waals surface area contributed by atoms with Crippen molar-refractivity contribution < 1.29 is 28.6 Å². The minimum Gasteiger partial charge on any atom is -0.459 e. The minimum atomic E-state index is -0.464. The molecule has 1 aromatic carbocycles. The molecule has 1 aromatic rings. The molecule has 0 heterocycles. The molecule has 0 saturated heterocycles. The topological polar surface area (TPSA) is 103 Å². The fourth-order valence-corrected chi connectivity index (χ4v) is 9.65. The molecule has 0 aromatic heterocycles. The van der Waals surface area contributed by atoms with Crippen LogP contribution in [0.25, 0.3) is 0 Å². The van der Waals surface area contributed by atoms with Crippen LogP contribution in [0.15, 0.2) is 30.3 Å². The molecular formula is C33H48N2O6. The van der Waals surface area contributed by atoms with E-state index in [4.69, 9.17) is 14.2 Å². The van der Waals surface area contributed by atoms with Gasteiger partial charge in [-0.05, 0) is 104 Å². The molecule has 0 spiro atoms. The van der Waals surface area contributed by atoms with E-state index in [9.17, 15) is 14.4 Å². The van der Waals surface area contributed by atoms with Crippen molar-refractivity contribution in [2.45, 2.75) is 90.3 Å². The molecule has 5 rings (SSSR count). The number of alkyl carbamates (subject to hydrolysis) is 2. The number of amides is 2. The van der Waals surface area contributed by atoms with Crippen molar-refractivity contribution in [3.8, 4) is 0 Å². The third-order valence-electron chi connectivity index (χ3n) is 11.7. The number of fused-ring (bicyclic) bond motifs is 5. The molecule has 41 heavy (non-hydrogen) atoms. The van der Waals surface area contributed by atoms with Crippen LogP contribution in [-0.4, -0.2) is 51.1 Å². The maximum atomic E-state index is 12.7. The fraction of sp³-hybridized carbons (Fsp3) is 0.727. The van der Waals surface area contributed by atoms with Crippen LogP contribution in [0.2, 0.25) is 0 Å². The average Bonchev–Trinajstić information content (AvgIpc) is 3.34. The largest absolute Gasteiger partial charge is 0.459 e. The summed E-state index contributed by atoms with van der Waals surface area (Å²) in [6.07, 6.45) is 9.26. The first kappa shape index (κ1) is 29.7. The van der Waals surface area contributed by atoms with Crippen molar-refractivity contribution in [1.82, 2.24) is 10.6 Å². The molecule has 2 amide bonds. The third-order valence-corrected chi connectivity index (χ3v) is 11.7. The number of hydrogen-bond donors (Lipinski definition) is 2. The number of hydrogen-bond acceptors (Lipinski definition) is 6. The summed E-state index contributed by atoms with van der Waals surface area (Å²) in [7, 11) is 3.13. The van der Waals surface area contributed by atoms with E-state index in [-0.39, 0.29) is 41.5 Å². The zero-order chi connectivity index (χ0) is 29.2. The molecule has 0 bridgehead atoms. The van der Waals surface area contributed by atoms with Crippen molar-refractivity contribution in [2.75, 3.05) is 20.7 Å². The number of esters is 1. The Morgan fingerprint density at radius 3 is 2.32 bits per heavy atom. The van der Waals surface area contributed by atoms with E-state index in [0.717, 1.165) is 38.5 Å². The van der Waals surface area contributed by atoms with Gasteiger partial charge in [0, 0.05) is 26.4 Å². The van der Waals surface area contributed by atoms with Gasteiger partial charge < -0.3 is 24.8 Å². The van der Waals surface area contributed by atoms with Crippen molar-refractivity contribution >= 4 is 18.2 Å². The first-order chi connectivity index (χ1) is 19.7. The van der Waals surface area contributed by atoms with E-state index < -0.39 is 12.2 Å². The Labute approximate surface area is 244 Å². The molecule has 2 N–H and O–H groups in total. The molecule has 9 unspecified atom stereocenters. The summed E-state index contributed by atoms with van der Waals surface area (Å²) in [5.74, 6) is 2.59. The highest BCUT2D eigenvalue weighted by Crippen LogP contribution is 2.68. The highest BCUT2D eigenvalue weighted by atomic mass is 16.6. The number of carbonyl (C=O) groups excluding carboxylic acids is 3. The van der Waals surface area contributed by atoms with Gasteiger partial charge in [-0.15, -0.1) is 0 Å². The van der Waals surface area contributed by atoms with E-state index in [1.807, 2.05) is 30.3 Å². The lowest BCUT2D eigenvalue weighted by molar-refractivity contribution is -0.134. The Balaban J connectivity index is 1.25. The van der Waals surface area contributed by atoms with Gasteiger partial charge in [0.1, 0.15) is 12.2 Å². The van der Waals surface area contributed by atoms with Crippen LogP contribution in [-0.2, 0) is 14.2 Å². The molecule has 4 fully saturated rings. The van der Waals surface area contributed by atoms with Crippen molar-refractivity contribution in [3.05, 3.63) is 35.9 Å². The maximum absolute atomic E-state index is 12.7. The predicted molar refractivity (Wildman–Crippen MR) is 155 cm³/mol. The summed E-state index contributed by atoms with van der Waals surface area (Å²) in [5.41, 5.74) is 1.00. The molecule has 4 saturated carbocycles. The van der Waals surface area contributed by atoms with Gasteiger partial charge in [0.25, 0.3) is 0 Å². The molecule has 8 nitrogen and oxygen atoms in total. The van der Waals surface area contributed by atoms with Gasteiger partial charge in [-0.2, -0.15) is 0 Å². The summed E-state index contributed by atoms with van der Waals surface area (Å²) in [5, 5.41) is 5.09. The van der Waals surface area contributed by atoms with Crippen LogP contribution < -0.4 is 10.6 Å². The monoisotopic (exact) mass is 568 g/mol. The highest BCUT2D eigenvalue weighted by molar-refractivity contribution is 5.89. The van der Waals surface area contributed by atoms with E-state index in [2.05, 4.69) is 24.5 Å². The van der Waals surface area contributed by atoms with Gasteiger partial charge in [0.05, 0.1) is 12.2 Å². The zero-order valence-electron chi connectivity index (χ0n) is 25.2. The second-order valence-corrected chi connectivity index (χ2v) is 13.4. The SMILES string of the molecule is CNC(=O)OCCC(OC(=O)NC)C1CCC2C3CCC4CC(OC(=O)c5ccccc5)CCC4(C)C3CCC12C. The van der Waals surface area contributed by atoms with E-state index in [1.54, 1.807) is 14.1 Å². The molecule has 9 atom stereocenters. The van der Waals surface area contributed by atoms with Crippen LogP contribution in [0.3, 0.4) is 0 Å². The molecule has 0 aliphatic heterocycles. The molecule has 226 valence electrons. The normalized spacial score (nSPS) is 36.5. The number of benzene rings is 1. The number of carbonyl (C=O) groups is 3. The first-order valence-corrected chi connectivity index (χ1v) is 15.7. The van der Waals surface area contributed by atoms with Gasteiger partial charge in [0.15, 0.2) is 0 Å². The Bertz CT molecular complexity index is 1100. The van der Waals surface area contributed by atoms with Crippen molar-refractivity contribution in [2.24, 2.45) is 40.4 Å². The molecular weight excluding hydrogens is 520 g/mol. The quantitative estimate of drug-likeness (QED) is 0.294. The second kappa shape index (κ2) is 12.2. The van der Waals surface area contributed by atoms with E-state index in [0.29, 0.717) is 35.7 Å². The van der Waals surface area contributed by atoms with Crippen LogP contribution in [0.1, 0.15) is 88.4 Å². The Hall–Kier alpha value is -2.77. The standard InChI is InChI=1S/C33H48N2O6/c1-32-17-14-23(40-29(36)21-8-6-5-7-9-21)20-22(32)10-11-24-25-12-13-27(33(25,2)18-15-26(24)32)28(41-31(38)35-4)16-19-39-30(37)34-3/h5-9,22-28H,10-20H2,1-4H3,(H,34,37)(H,35,38). The van der Waals surface area contributed by atoms with Crippen molar-refractivity contribution in [3.63, 3.8) is 0 Å². The Morgan fingerprint density at radius 2 is 1.59 bits per heavy atom. The lowest BCUT2D eigenvalue weighted by Crippen LogP contribution is -2.55. The average molecular weight is 569 g/mol. The molecule has 8 heteroatoms. The lowest BCUT2D eigenvalue weighted by Gasteiger charge is -2.61. The Kier molecular flexibility index (Phi) is 8.86. The summed E-state index contributed by atoms with van der Waals surface area (Å²) < 4.78 is 17.2. The molecule has 4 aliphatic rings. The number of rotatable bonds is 7. The molecule has 4 aliphatic carbocycles. The van der Waals surface area contributed by atoms with Gasteiger partial charge in [-0.1, -0.05) is 32.0 Å². The summed E-state index contributed by atoms with van der Waals surface area (Å²) >= 11 is 0. The van der Waals surface area contributed by atoms with E-state index >= 15 is 0 Å².